The van der Waals surface area contributed by atoms with E-state index in [4.69, 9.17) is 5.11 Å². The molecule has 1 atom stereocenters. The van der Waals surface area contributed by atoms with Gasteiger partial charge in [-0.05, 0) is 36.0 Å². The first-order valence-electron chi connectivity index (χ1n) is 6.26. The van der Waals surface area contributed by atoms with Crippen molar-refractivity contribution in [2.75, 3.05) is 11.5 Å². The second-order valence-electron chi connectivity index (χ2n) is 4.24. The van der Waals surface area contributed by atoms with E-state index in [0.717, 1.165) is 12.1 Å². The highest BCUT2D eigenvalue weighted by molar-refractivity contribution is 7.99. The molecule has 2 nitrogen and oxygen atoms in total. The Morgan fingerprint density at radius 1 is 1.24 bits per heavy atom. The summed E-state index contributed by atoms with van der Waals surface area (Å²) in [5, 5.41) is 12.5. The molecule has 0 aliphatic rings. The number of thioether (sulfide) groups is 1. The minimum absolute atomic E-state index is 0.123. The van der Waals surface area contributed by atoms with Crippen LogP contribution in [0.2, 0.25) is 0 Å². The first kappa shape index (κ1) is 14.6. The quantitative estimate of drug-likeness (QED) is 0.699. The van der Waals surface area contributed by atoms with Gasteiger partial charge in [-0.1, -0.05) is 31.2 Å². The van der Waals surface area contributed by atoms with Crippen LogP contribution in [0.3, 0.4) is 0 Å². The number of aliphatic hydroxyl groups excluding tert-OH is 1. The van der Waals surface area contributed by atoms with Gasteiger partial charge in [0.15, 0.2) is 0 Å². The molecule has 3 heteroatoms. The van der Waals surface area contributed by atoms with Crippen molar-refractivity contribution in [3.8, 4) is 0 Å². The van der Waals surface area contributed by atoms with Crippen molar-refractivity contribution >= 4 is 11.8 Å². The molecule has 0 amide bonds. The largest absolute Gasteiger partial charge is 0.392 e. The molecule has 0 saturated heterocycles. The van der Waals surface area contributed by atoms with Crippen LogP contribution in [0.25, 0.3) is 0 Å². The van der Waals surface area contributed by atoms with Crippen LogP contribution in [0.1, 0.15) is 31.4 Å². The lowest BCUT2D eigenvalue weighted by molar-refractivity contribution is 0.282. The molecule has 1 aromatic carbocycles. The van der Waals surface area contributed by atoms with Crippen LogP contribution in [-0.4, -0.2) is 22.7 Å². The third-order valence-electron chi connectivity index (χ3n) is 2.76. The fourth-order valence-electron chi connectivity index (χ4n) is 1.56. The van der Waals surface area contributed by atoms with Gasteiger partial charge in [0.25, 0.3) is 0 Å². The number of hydrogen-bond acceptors (Lipinski definition) is 3. The molecule has 0 radical (unpaired) electrons. The summed E-state index contributed by atoms with van der Waals surface area (Å²) in [6.07, 6.45) is 1.22. The summed E-state index contributed by atoms with van der Waals surface area (Å²) in [4.78, 5) is 0. The molecule has 1 aromatic rings. The zero-order chi connectivity index (χ0) is 12.5. The monoisotopic (exact) mass is 253 g/mol. The summed E-state index contributed by atoms with van der Waals surface area (Å²) < 4.78 is 0. The van der Waals surface area contributed by atoms with E-state index in [1.54, 1.807) is 0 Å². The van der Waals surface area contributed by atoms with Crippen molar-refractivity contribution in [1.29, 1.82) is 0 Å². The van der Waals surface area contributed by atoms with Gasteiger partial charge in [-0.3, -0.25) is 0 Å². The molecule has 0 fully saturated rings. The lowest BCUT2D eigenvalue weighted by atomic mass is 10.1. The SMILES string of the molecule is CCSCCC(C)NCc1ccc(CO)cc1. The summed E-state index contributed by atoms with van der Waals surface area (Å²) in [5.41, 5.74) is 2.25. The molecule has 1 rings (SSSR count). The first-order chi connectivity index (χ1) is 8.26. The van der Waals surface area contributed by atoms with Crippen molar-refractivity contribution in [2.45, 2.75) is 39.5 Å². The molecule has 0 saturated carbocycles. The highest BCUT2D eigenvalue weighted by Crippen LogP contribution is 2.06. The number of hydrogen-bond donors (Lipinski definition) is 2. The minimum Gasteiger partial charge on any atom is -0.392 e. The molecular formula is C14H23NOS. The van der Waals surface area contributed by atoms with Crippen LogP contribution in [-0.2, 0) is 13.2 Å². The summed E-state index contributed by atoms with van der Waals surface area (Å²) >= 11 is 2.00. The molecule has 17 heavy (non-hydrogen) atoms. The van der Waals surface area contributed by atoms with Crippen LogP contribution in [0.4, 0.5) is 0 Å². The molecular weight excluding hydrogens is 230 g/mol. The maximum absolute atomic E-state index is 8.95. The average Bonchev–Trinajstić information content (AvgIpc) is 2.37. The third kappa shape index (κ3) is 6.10. The van der Waals surface area contributed by atoms with E-state index in [1.807, 2.05) is 23.9 Å². The minimum atomic E-state index is 0.123. The lowest BCUT2D eigenvalue weighted by Gasteiger charge is -2.13. The zero-order valence-corrected chi connectivity index (χ0v) is 11.6. The van der Waals surface area contributed by atoms with E-state index in [9.17, 15) is 0 Å². The van der Waals surface area contributed by atoms with Crippen molar-refractivity contribution in [1.82, 2.24) is 5.32 Å². The average molecular weight is 253 g/mol. The lowest BCUT2D eigenvalue weighted by Crippen LogP contribution is -2.26. The standard InChI is InChI=1S/C14H23NOS/c1-3-17-9-8-12(2)15-10-13-4-6-14(11-16)7-5-13/h4-7,12,15-16H,3,8-11H2,1-2H3. The van der Waals surface area contributed by atoms with E-state index in [2.05, 4.69) is 31.3 Å². The molecule has 96 valence electrons. The Labute approximate surface area is 109 Å². The second kappa shape index (κ2) is 8.56. The second-order valence-corrected chi connectivity index (χ2v) is 5.64. The van der Waals surface area contributed by atoms with Crippen LogP contribution in [0, 0.1) is 0 Å². The molecule has 1 unspecified atom stereocenters. The Morgan fingerprint density at radius 3 is 2.47 bits per heavy atom. The number of benzene rings is 1. The van der Waals surface area contributed by atoms with Gasteiger partial charge in [-0.2, -0.15) is 11.8 Å². The highest BCUT2D eigenvalue weighted by atomic mass is 32.2. The van der Waals surface area contributed by atoms with Crippen molar-refractivity contribution in [2.24, 2.45) is 0 Å². The Hall–Kier alpha value is -0.510. The predicted molar refractivity (Wildman–Crippen MR) is 76.3 cm³/mol. The fourth-order valence-corrected chi connectivity index (χ4v) is 2.37. The Kier molecular flexibility index (Phi) is 7.33. The summed E-state index contributed by atoms with van der Waals surface area (Å²) in [6.45, 7) is 5.46. The predicted octanol–water partition coefficient (Wildman–Crippen LogP) is 2.80. The maximum atomic E-state index is 8.95. The molecule has 2 N–H and O–H groups in total. The van der Waals surface area contributed by atoms with Gasteiger partial charge in [0.1, 0.15) is 0 Å². The van der Waals surface area contributed by atoms with Gasteiger partial charge < -0.3 is 10.4 Å². The normalized spacial score (nSPS) is 12.6. The molecule has 0 aromatic heterocycles. The number of aliphatic hydroxyl groups is 1. The van der Waals surface area contributed by atoms with E-state index in [-0.39, 0.29) is 6.61 Å². The zero-order valence-electron chi connectivity index (χ0n) is 10.8. The van der Waals surface area contributed by atoms with E-state index in [1.165, 1.54) is 23.5 Å². The van der Waals surface area contributed by atoms with E-state index in [0.29, 0.717) is 6.04 Å². The maximum Gasteiger partial charge on any atom is 0.0681 e. The summed E-state index contributed by atoms with van der Waals surface area (Å²) in [6, 6.07) is 8.67. The molecule has 0 spiro atoms. The van der Waals surface area contributed by atoms with E-state index >= 15 is 0 Å². The highest BCUT2D eigenvalue weighted by Gasteiger charge is 2.01. The Morgan fingerprint density at radius 2 is 1.88 bits per heavy atom. The van der Waals surface area contributed by atoms with Crippen molar-refractivity contribution in [3.05, 3.63) is 35.4 Å². The summed E-state index contributed by atoms with van der Waals surface area (Å²) in [7, 11) is 0. The Bertz CT molecular complexity index is 300. The van der Waals surface area contributed by atoms with Crippen LogP contribution in [0.15, 0.2) is 24.3 Å². The smallest absolute Gasteiger partial charge is 0.0681 e. The van der Waals surface area contributed by atoms with Crippen LogP contribution in [0.5, 0.6) is 0 Å². The number of rotatable bonds is 8. The topological polar surface area (TPSA) is 32.3 Å². The third-order valence-corrected chi connectivity index (χ3v) is 3.69. The fraction of sp³-hybridized carbons (Fsp3) is 0.571. The van der Waals surface area contributed by atoms with Gasteiger partial charge in [-0.25, -0.2) is 0 Å². The molecule has 0 aliphatic carbocycles. The van der Waals surface area contributed by atoms with Crippen molar-refractivity contribution < 1.29 is 5.11 Å². The van der Waals surface area contributed by atoms with Crippen LogP contribution < -0.4 is 5.32 Å². The van der Waals surface area contributed by atoms with Gasteiger partial charge in [0.05, 0.1) is 6.61 Å². The van der Waals surface area contributed by atoms with E-state index < -0.39 is 0 Å². The van der Waals surface area contributed by atoms with Crippen molar-refractivity contribution in [3.63, 3.8) is 0 Å². The van der Waals surface area contributed by atoms with Crippen LogP contribution >= 0.6 is 11.8 Å². The van der Waals surface area contributed by atoms with Gasteiger partial charge >= 0.3 is 0 Å². The summed E-state index contributed by atoms with van der Waals surface area (Å²) in [5.74, 6) is 2.43. The molecule has 0 aliphatic heterocycles. The first-order valence-corrected chi connectivity index (χ1v) is 7.41. The number of nitrogens with one attached hydrogen (secondary N) is 1. The van der Waals surface area contributed by atoms with Gasteiger partial charge in [-0.15, -0.1) is 0 Å². The van der Waals surface area contributed by atoms with Gasteiger partial charge in [0, 0.05) is 12.6 Å². The Balaban J connectivity index is 2.24. The molecule has 0 bridgehead atoms. The van der Waals surface area contributed by atoms with Gasteiger partial charge in [0.2, 0.25) is 0 Å². The molecule has 0 heterocycles.